The average molecular weight is 368 g/mol. The van der Waals surface area contributed by atoms with E-state index in [2.05, 4.69) is 10.6 Å². The monoisotopic (exact) mass is 368 g/mol. The van der Waals surface area contributed by atoms with Crippen molar-refractivity contribution in [1.29, 1.82) is 0 Å². The summed E-state index contributed by atoms with van der Waals surface area (Å²) in [7, 11) is 0. The Morgan fingerprint density at radius 2 is 1.67 bits per heavy atom. The lowest BCUT2D eigenvalue weighted by atomic mass is 10.1. The number of phenolic OH excluding ortho intramolecular Hbond substituents is 1. The van der Waals surface area contributed by atoms with Gasteiger partial charge in [-0.1, -0.05) is 42.5 Å². The van der Waals surface area contributed by atoms with Crippen molar-refractivity contribution in [1.82, 2.24) is 10.6 Å². The molecule has 2 rings (SSSR count). The number of benzene rings is 2. The predicted octanol–water partition coefficient (Wildman–Crippen LogP) is 1.68. The lowest BCUT2D eigenvalue weighted by Crippen LogP contribution is -2.45. The minimum absolute atomic E-state index is 0.0278. The van der Waals surface area contributed by atoms with Crippen LogP contribution in [0.5, 0.6) is 5.75 Å². The molecular formula is C20H20N2O5. The second kappa shape index (κ2) is 9.19. The molecule has 27 heavy (non-hydrogen) atoms. The Bertz CT molecular complexity index is 844. The van der Waals surface area contributed by atoms with Gasteiger partial charge in [0.1, 0.15) is 17.5 Å². The SMILES string of the molecule is CC(=O)NC(=Cc1ccccc1)C(=O)N[C@H](Cc1ccc(O)cc1)C(=O)O. The second-order valence-corrected chi connectivity index (χ2v) is 5.88. The molecule has 1 atom stereocenters. The Kier molecular flexibility index (Phi) is 6.71. The van der Waals surface area contributed by atoms with Crippen molar-refractivity contribution in [3.05, 3.63) is 71.4 Å². The molecule has 2 aromatic rings. The Morgan fingerprint density at radius 1 is 1.04 bits per heavy atom. The van der Waals surface area contributed by atoms with Crippen LogP contribution in [0.1, 0.15) is 18.1 Å². The topological polar surface area (TPSA) is 116 Å². The molecule has 0 aromatic heterocycles. The van der Waals surface area contributed by atoms with Crippen LogP contribution in [0.2, 0.25) is 0 Å². The molecule has 0 aliphatic carbocycles. The maximum Gasteiger partial charge on any atom is 0.326 e. The Labute approximate surface area is 156 Å². The number of phenols is 1. The van der Waals surface area contributed by atoms with Crippen LogP contribution in [0.4, 0.5) is 0 Å². The van der Waals surface area contributed by atoms with Crippen molar-refractivity contribution >= 4 is 23.9 Å². The van der Waals surface area contributed by atoms with Gasteiger partial charge in [0.15, 0.2) is 0 Å². The smallest absolute Gasteiger partial charge is 0.326 e. The molecule has 4 N–H and O–H groups in total. The summed E-state index contributed by atoms with van der Waals surface area (Å²) in [5, 5.41) is 23.6. The van der Waals surface area contributed by atoms with Crippen molar-refractivity contribution in [3.8, 4) is 5.75 Å². The van der Waals surface area contributed by atoms with Gasteiger partial charge in [0.25, 0.3) is 5.91 Å². The van der Waals surface area contributed by atoms with E-state index in [4.69, 9.17) is 0 Å². The molecule has 2 amide bonds. The van der Waals surface area contributed by atoms with E-state index >= 15 is 0 Å². The van der Waals surface area contributed by atoms with Gasteiger partial charge in [-0.3, -0.25) is 9.59 Å². The summed E-state index contributed by atoms with van der Waals surface area (Å²) in [6.07, 6.45) is 1.50. The van der Waals surface area contributed by atoms with Crippen LogP contribution in [0.15, 0.2) is 60.3 Å². The van der Waals surface area contributed by atoms with Gasteiger partial charge in [-0.15, -0.1) is 0 Å². The molecule has 7 heteroatoms. The lowest BCUT2D eigenvalue weighted by molar-refractivity contribution is -0.141. The fraction of sp³-hybridized carbons (Fsp3) is 0.150. The van der Waals surface area contributed by atoms with E-state index in [-0.39, 0.29) is 17.9 Å². The van der Waals surface area contributed by atoms with Crippen LogP contribution in [-0.4, -0.2) is 34.0 Å². The molecule has 0 saturated carbocycles. The van der Waals surface area contributed by atoms with Crippen LogP contribution >= 0.6 is 0 Å². The summed E-state index contributed by atoms with van der Waals surface area (Å²) in [5.41, 5.74) is 1.26. The Balaban J connectivity index is 2.19. The van der Waals surface area contributed by atoms with Gasteiger partial charge in [0, 0.05) is 13.3 Å². The summed E-state index contributed by atoms with van der Waals surface area (Å²) in [5.74, 6) is -2.30. The number of carboxylic acids is 1. The zero-order valence-electron chi connectivity index (χ0n) is 14.7. The number of rotatable bonds is 7. The largest absolute Gasteiger partial charge is 0.508 e. The van der Waals surface area contributed by atoms with Gasteiger partial charge in [0.2, 0.25) is 5.91 Å². The molecule has 0 fully saturated rings. The van der Waals surface area contributed by atoms with Crippen LogP contribution in [0.25, 0.3) is 6.08 Å². The molecule has 0 aliphatic heterocycles. The quantitative estimate of drug-likeness (QED) is 0.555. The third-order valence-corrected chi connectivity index (χ3v) is 3.65. The van der Waals surface area contributed by atoms with Gasteiger partial charge in [0.05, 0.1) is 0 Å². The molecule has 140 valence electrons. The summed E-state index contributed by atoms with van der Waals surface area (Å²) in [6.45, 7) is 1.26. The molecule has 0 spiro atoms. The molecule has 0 saturated heterocycles. The fourth-order valence-electron chi connectivity index (χ4n) is 2.37. The minimum Gasteiger partial charge on any atom is -0.508 e. The van der Waals surface area contributed by atoms with E-state index in [1.807, 2.05) is 6.07 Å². The predicted molar refractivity (Wildman–Crippen MR) is 99.6 cm³/mol. The minimum atomic E-state index is -1.21. The standard InChI is InChI=1S/C20H20N2O5/c1-13(23)21-17(11-14-5-3-2-4-6-14)19(25)22-18(20(26)27)12-15-7-9-16(24)10-8-15/h2-11,18,24H,12H2,1H3,(H,21,23)(H,22,25)(H,26,27)/t18-/m1/s1. The number of carboxylic acid groups (broad SMARTS) is 1. The zero-order chi connectivity index (χ0) is 19.8. The number of aliphatic carboxylic acids is 1. The van der Waals surface area contributed by atoms with Crippen LogP contribution in [0.3, 0.4) is 0 Å². The number of hydrogen-bond donors (Lipinski definition) is 4. The molecule has 0 radical (unpaired) electrons. The van der Waals surface area contributed by atoms with Crippen molar-refractivity contribution in [2.45, 2.75) is 19.4 Å². The summed E-state index contributed by atoms with van der Waals surface area (Å²) in [6, 6.07) is 13.7. The molecule has 7 nitrogen and oxygen atoms in total. The van der Waals surface area contributed by atoms with Gasteiger partial charge >= 0.3 is 5.97 Å². The number of amides is 2. The maximum atomic E-state index is 12.5. The first-order valence-electron chi connectivity index (χ1n) is 8.21. The first-order chi connectivity index (χ1) is 12.8. The number of aromatic hydroxyl groups is 1. The molecule has 0 unspecified atom stereocenters. The van der Waals surface area contributed by atoms with E-state index < -0.39 is 23.8 Å². The second-order valence-electron chi connectivity index (χ2n) is 5.88. The highest BCUT2D eigenvalue weighted by Crippen LogP contribution is 2.12. The van der Waals surface area contributed by atoms with Crippen molar-refractivity contribution < 1.29 is 24.6 Å². The Morgan fingerprint density at radius 3 is 2.22 bits per heavy atom. The number of hydrogen-bond acceptors (Lipinski definition) is 4. The number of carbonyl (C=O) groups is 3. The zero-order valence-corrected chi connectivity index (χ0v) is 14.7. The fourth-order valence-corrected chi connectivity index (χ4v) is 2.37. The summed E-state index contributed by atoms with van der Waals surface area (Å²) < 4.78 is 0. The van der Waals surface area contributed by atoms with Gasteiger partial charge in [-0.2, -0.15) is 0 Å². The van der Waals surface area contributed by atoms with Crippen LogP contribution in [0, 0.1) is 0 Å². The number of carbonyl (C=O) groups excluding carboxylic acids is 2. The van der Waals surface area contributed by atoms with Gasteiger partial charge in [-0.25, -0.2) is 4.79 Å². The molecular weight excluding hydrogens is 348 g/mol. The van der Waals surface area contributed by atoms with E-state index in [9.17, 15) is 24.6 Å². The van der Waals surface area contributed by atoms with E-state index in [1.54, 1.807) is 36.4 Å². The van der Waals surface area contributed by atoms with Crippen molar-refractivity contribution in [2.24, 2.45) is 0 Å². The first kappa shape index (κ1) is 19.7. The highest BCUT2D eigenvalue weighted by atomic mass is 16.4. The van der Waals surface area contributed by atoms with E-state index in [0.717, 1.165) is 0 Å². The summed E-state index contributed by atoms with van der Waals surface area (Å²) in [4.78, 5) is 35.5. The average Bonchev–Trinajstić information content (AvgIpc) is 2.62. The number of nitrogens with one attached hydrogen (secondary N) is 2. The molecule has 2 aromatic carbocycles. The third kappa shape index (κ3) is 6.32. The normalized spacial score (nSPS) is 12.1. The van der Waals surface area contributed by atoms with Crippen LogP contribution in [-0.2, 0) is 20.8 Å². The maximum absolute atomic E-state index is 12.5. The molecule has 0 bridgehead atoms. The summed E-state index contributed by atoms with van der Waals surface area (Å²) >= 11 is 0. The molecule has 0 aliphatic rings. The third-order valence-electron chi connectivity index (χ3n) is 3.65. The Hall–Kier alpha value is -3.61. The van der Waals surface area contributed by atoms with Crippen LogP contribution < -0.4 is 10.6 Å². The van der Waals surface area contributed by atoms with E-state index in [0.29, 0.717) is 11.1 Å². The first-order valence-corrected chi connectivity index (χ1v) is 8.21. The molecule has 0 heterocycles. The van der Waals surface area contributed by atoms with Crippen molar-refractivity contribution in [2.75, 3.05) is 0 Å². The van der Waals surface area contributed by atoms with E-state index in [1.165, 1.54) is 25.1 Å². The van der Waals surface area contributed by atoms with Gasteiger partial charge < -0.3 is 20.8 Å². The highest BCUT2D eigenvalue weighted by Gasteiger charge is 2.22. The van der Waals surface area contributed by atoms with Gasteiger partial charge in [-0.05, 0) is 29.3 Å². The lowest BCUT2D eigenvalue weighted by Gasteiger charge is -2.16. The van der Waals surface area contributed by atoms with Crippen molar-refractivity contribution in [3.63, 3.8) is 0 Å². The highest BCUT2D eigenvalue weighted by molar-refractivity contribution is 6.02.